The number of esters is 1. The van der Waals surface area contributed by atoms with Crippen molar-refractivity contribution in [2.24, 2.45) is 0 Å². The van der Waals surface area contributed by atoms with Gasteiger partial charge in [0.25, 0.3) is 5.91 Å². The Labute approximate surface area is 194 Å². The van der Waals surface area contributed by atoms with Crippen molar-refractivity contribution < 1.29 is 19.1 Å². The number of rotatable bonds is 5. The molecule has 0 unspecified atom stereocenters. The van der Waals surface area contributed by atoms with E-state index in [2.05, 4.69) is 10.6 Å². The monoisotopic (exact) mass is 469 g/mol. The molecular formula is C23H23N3O4S2. The second kappa shape index (κ2) is 9.62. The Morgan fingerprint density at radius 2 is 1.91 bits per heavy atom. The summed E-state index contributed by atoms with van der Waals surface area (Å²) < 4.78 is 7.19. The molecule has 1 aromatic carbocycles. The third-order valence-electron chi connectivity index (χ3n) is 5.28. The van der Waals surface area contributed by atoms with E-state index >= 15 is 0 Å². The van der Waals surface area contributed by atoms with E-state index in [-0.39, 0.29) is 0 Å². The lowest BCUT2D eigenvalue weighted by atomic mass is 10.1. The van der Waals surface area contributed by atoms with Gasteiger partial charge in [-0.1, -0.05) is 12.1 Å². The quantitative estimate of drug-likeness (QED) is 0.539. The molecule has 0 radical (unpaired) electrons. The number of carbonyl (C=O) groups excluding carboxylic acids is 3. The van der Waals surface area contributed by atoms with Crippen LogP contribution in [0.15, 0.2) is 42.7 Å². The highest BCUT2D eigenvalue weighted by atomic mass is 32.2. The number of aryl methyl sites for hydroxylation is 1. The number of ether oxygens (including phenoxy) is 1. The topological polar surface area (TPSA) is 89.4 Å². The van der Waals surface area contributed by atoms with E-state index in [1.54, 1.807) is 17.4 Å². The number of hydrogen-bond donors (Lipinski definition) is 2. The van der Waals surface area contributed by atoms with E-state index in [4.69, 9.17) is 4.74 Å². The first-order chi connectivity index (χ1) is 15.4. The molecule has 7 nitrogen and oxygen atoms in total. The van der Waals surface area contributed by atoms with E-state index in [9.17, 15) is 14.4 Å². The number of benzene rings is 1. The Bertz CT molecular complexity index is 1170. The maximum Gasteiger partial charge on any atom is 0.341 e. The fourth-order valence-electron chi connectivity index (χ4n) is 3.49. The number of aromatic nitrogens is 1. The maximum atomic E-state index is 12.9. The van der Waals surface area contributed by atoms with Crippen LogP contribution in [0.25, 0.3) is 5.00 Å². The number of urea groups is 1. The summed E-state index contributed by atoms with van der Waals surface area (Å²) in [5.74, 6) is 0.556. The fourth-order valence-corrected chi connectivity index (χ4v) is 5.92. The largest absolute Gasteiger partial charge is 0.452 e. The molecule has 1 aliphatic heterocycles. The SMILES string of the molecule is Cc1cccc(NC(=O)NC(=O)COC(=O)c2c(-n3cccc3)sc3c2CCSC3)c1C. The molecule has 0 bridgehead atoms. The summed E-state index contributed by atoms with van der Waals surface area (Å²) in [7, 11) is 0. The van der Waals surface area contributed by atoms with E-state index in [1.807, 2.05) is 66.8 Å². The lowest BCUT2D eigenvalue weighted by Crippen LogP contribution is -2.37. The van der Waals surface area contributed by atoms with Crippen LogP contribution in [-0.4, -0.2) is 34.8 Å². The standard InChI is InChI=1S/C23H23N3O4S2/c1-14-6-5-7-17(15(14)2)24-23(29)25-19(27)12-30-22(28)20-16-8-11-31-13-18(16)32-21(20)26-9-3-4-10-26/h3-7,9-10H,8,11-13H2,1-2H3,(H2,24,25,27,29). The third kappa shape index (κ3) is 4.73. The lowest BCUT2D eigenvalue weighted by Gasteiger charge is -2.13. The van der Waals surface area contributed by atoms with E-state index in [0.29, 0.717) is 11.3 Å². The molecule has 0 spiro atoms. The van der Waals surface area contributed by atoms with Gasteiger partial charge in [-0.05, 0) is 60.9 Å². The number of anilines is 1. The minimum absolute atomic E-state index is 0.508. The predicted octanol–water partition coefficient (Wildman–Crippen LogP) is 4.45. The van der Waals surface area contributed by atoms with E-state index in [0.717, 1.165) is 44.5 Å². The Morgan fingerprint density at radius 1 is 1.12 bits per heavy atom. The number of thiophene rings is 1. The normalized spacial score (nSPS) is 12.7. The van der Waals surface area contributed by atoms with Crippen LogP contribution < -0.4 is 10.6 Å². The molecule has 0 aliphatic carbocycles. The van der Waals surface area contributed by atoms with Crippen molar-refractivity contribution >= 4 is 46.7 Å². The number of nitrogens with zero attached hydrogens (tertiary/aromatic N) is 1. The Hall–Kier alpha value is -3.04. The summed E-state index contributed by atoms with van der Waals surface area (Å²) in [5.41, 5.74) is 4.06. The van der Waals surface area contributed by atoms with Crippen LogP contribution in [0, 0.1) is 13.8 Å². The number of carbonyl (C=O) groups is 3. The molecule has 0 atom stereocenters. The molecule has 0 fully saturated rings. The zero-order valence-electron chi connectivity index (χ0n) is 17.8. The van der Waals surface area contributed by atoms with Crippen LogP contribution in [0.2, 0.25) is 0 Å². The zero-order valence-corrected chi connectivity index (χ0v) is 19.4. The minimum Gasteiger partial charge on any atom is -0.452 e. The second-order valence-electron chi connectivity index (χ2n) is 7.40. The van der Waals surface area contributed by atoms with Gasteiger partial charge in [0.15, 0.2) is 6.61 Å². The molecule has 3 amide bonds. The highest BCUT2D eigenvalue weighted by Crippen LogP contribution is 2.38. The highest BCUT2D eigenvalue weighted by Gasteiger charge is 2.28. The van der Waals surface area contributed by atoms with Crippen LogP contribution in [-0.2, 0) is 21.7 Å². The van der Waals surface area contributed by atoms with Crippen molar-refractivity contribution in [3.05, 3.63) is 69.9 Å². The summed E-state index contributed by atoms with van der Waals surface area (Å²) in [6.45, 7) is 3.29. The minimum atomic E-state index is -0.691. The Morgan fingerprint density at radius 3 is 2.69 bits per heavy atom. The smallest absolute Gasteiger partial charge is 0.341 e. The van der Waals surface area contributed by atoms with E-state index < -0.39 is 24.5 Å². The van der Waals surface area contributed by atoms with Gasteiger partial charge < -0.3 is 14.6 Å². The number of amides is 3. The summed E-state index contributed by atoms with van der Waals surface area (Å²) in [6, 6.07) is 8.64. The number of imide groups is 1. The molecule has 0 saturated carbocycles. The van der Waals surface area contributed by atoms with Crippen LogP contribution in [0.3, 0.4) is 0 Å². The van der Waals surface area contributed by atoms with Gasteiger partial charge in [0.1, 0.15) is 5.00 Å². The molecule has 9 heteroatoms. The lowest BCUT2D eigenvalue weighted by molar-refractivity contribution is -0.123. The number of nitrogens with one attached hydrogen (secondary N) is 2. The fraction of sp³-hybridized carbons (Fsp3) is 0.261. The first-order valence-electron chi connectivity index (χ1n) is 10.1. The van der Waals surface area contributed by atoms with Crippen LogP contribution in [0.4, 0.5) is 10.5 Å². The number of hydrogen-bond acceptors (Lipinski definition) is 6. The van der Waals surface area contributed by atoms with Crippen LogP contribution in [0.5, 0.6) is 0 Å². The molecule has 0 saturated heterocycles. The van der Waals surface area contributed by atoms with E-state index in [1.165, 1.54) is 0 Å². The van der Waals surface area contributed by atoms with Crippen molar-refractivity contribution in [1.82, 2.24) is 9.88 Å². The average Bonchev–Trinajstić information content (AvgIpc) is 3.43. The van der Waals surface area contributed by atoms with Gasteiger partial charge in [0.2, 0.25) is 0 Å². The van der Waals surface area contributed by atoms with Gasteiger partial charge in [-0.2, -0.15) is 11.8 Å². The molecule has 3 aromatic rings. The van der Waals surface area contributed by atoms with Crippen molar-refractivity contribution in [2.45, 2.75) is 26.0 Å². The van der Waals surface area contributed by atoms with Gasteiger partial charge in [0.05, 0.1) is 5.56 Å². The Balaban J connectivity index is 1.40. The van der Waals surface area contributed by atoms with Crippen LogP contribution >= 0.6 is 23.1 Å². The summed E-state index contributed by atoms with van der Waals surface area (Å²) in [6.07, 6.45) is 4.55. The van der Waals surface area contributed by atoms with Gasteiger partial charge in [-0.25, -0.2) is 9.59 Å². The molecular weight excluding hydrogens is 446 g/mol. The van der Waals surface area contributed by atoms with Crippen molar-refractivity contribution in [3.63, 3.8) is 0 Å². The summed E-state index contributed by atoms with van der Waals surface area (Å²) in [5, 5.41) is 5.65. The zero-order chi connectivity index (χ0) is 22.7. The molecule has 32 heavy (non-hydrogen) atoms. The molecule has 4 rings (SSSR count). The first kappa shape index (κ1) is 22.2. The molecule has 2 aromatic heterocycles. The summed E-state index contributed by atoms with van der Waals surface area (Å²) >= 11 is 3.41. The molecule has 3 heterocycles. The predicted molar refractivity (Wildman–Crippen MR) is 127 cm³/mol. The molecule has 166 valence electrons. The third-order valence-corrected chi connectivity index (χ3v) is 7.70. The summed E-state index contributed by atoms with van der Waals surface area (Å²) in [4.78, 5) is 38.5. The van der Waals surface area contributed by atoms with Gasteiger partial charge in [0, 0.05) is 28.7 Å². The molecule has 1 aliphatic rings. The Kier molecular flexibility index (Phi) is 6.66. The first-order valence-corrected chi connectivity index (χ1v) is 12.1. The van der Waals surface area contributed by atoms with Gasteiger partial charge in [-0.15, -0.1) is 11.3 Å². The van der Waals surface area contributed by atoms with Crippen molar-refractivity contribution in [2.75, 3.05) is 17.7 Å². The van der Waals surface area contributed by atoms with Crippen molar-refractivity contribution in [1.29, 1.82) is 0 Å². The van der Waals surface area contributed by atoms with Gasteiger partial charge >= 0.3 is 12.0 Å². The highest BCUT2D eigenvalue weighted by molar-refractivity contribution is 7.98. The maximum absolute atomic E-state index is 12.9. The molecule has 2 N–H and O–H groups in total. The van der Waals surface area contributed by atoms with Crippen molar-refractivity contribution in [3.8, 4) is 5.00 Å². The second-order valence-corrected chi connectivity index (χ2v) is 9.59. The average molecular weight is 470 g/mol. The van der Waals surface area contributed by atoms with Crippen LogP contribution in [0.1, 0.15) is 31.9 Å². The van der Waals surface area contributed by atoms with Gasteiger partial charge in [-0.3, -0.25) is 10.1 Å². The number of thioether (sulfide) groups is 1. The number of fused-ring (bicyclic) bond motifs is 1.